The van der Waals surface area contributed by atoms with Crippen molar-refractivity contribution >= 4 is 55.8 Å². The smallest absolute Gasteiger partial charge is 0.270 e. The lowest BCUT2D eigenvalue weighted by Crippen LogP contribution is -2.25. The van der Waals surface area contributed by atoms with Gasteiger partial charge in [-0.2, -0.15) is 0 Å². The van der Waals surface area contributed by atoms with E-state index >= 15 is 0 Å². The van der Waals surface area contributed by atoms with Gasteiger partial charge in [-0.25, -0.2) is 9.97 Å². The fraction of sp³-hybridized carbons (Fsp3) is 0.158. The molecular formula is C19H15BrN4OS3. The first kappa shape index (κ1) is 19.4. The average molecular weight is 491 g/mol. The van der Waals surface area contributed by atoms with Crippen LogP contribution in [-0.4, -0.2) is 27.4 Å². The maximum atomic E-state index is 12.3. The Morgan fingerprint density at radius 3 is 2.71 bits per heavy atom. The number of nitrogens with one attached hydrogen (secondary N) is 1. The van der Waals surface area contributed by atoms with Crippen molar-refractivity contribution in [3.63, 3.8) is 0 Å². The van der Waals surface area contributed by atoms with E-state index in [1.807, 2.05) is 23.6 Å². The van der Waals surface area contributed by atoms with Crippen LogP contribution in [0.25, 0.3) is 21.1 Å². The van der Waals surface area contributed by atoms with Crippen molar-refractivity contribution in [2.75, 3.05) is 6.54 Å². The fourth-order valence-corrected chi connectivity index (χ4v) is 5.69. The Kier molecular flexibility index (Phi) is 6.26. The Bertz CT molecular complexity index is 1070. The highest BCUT2D eigenvalue weighted by Gasteiger charge is 2.13. The molecule has 0 fully saturated rings. The lowest BCUT2D eigenvalue weighted by molar-refractivity contribution is 0.0949. The monoisotopic (exact) mass is 490 g/mol. The molecule has 0 aromatic carbocycles. The SMILES string of the molecule is O=C(NCCCc1nc(-c2ccncc2)cs1)c1csc(-c2cc(Br)cs2)n1. The van der Waals surface area contributed by atoms with Gasteiger partial charge in [0.25, 0.3) is 5.91 Å². The molecule has 5 nitrogen and oxygen atoms in total. The van der Waals surface area contributed by atoms with Gasteiger partial charge in [-0.1, -0.05) is 0 Å². The summed E-state index contributed by atoms with van der Waals surface area (Å²) in [5, 5.41) is 10.8. The third-order valence-corrected chi connectivity index (χ3v) is 7.51. The first-order chi connectivity index (χ1) is 13.7. The number of aryl methyl sites for hydroxylation is 1. The number of carbonyl (C=O) groups excluding carboxylic acids is 1. The average Bonchev–Trinajstić information content (AvgIpc) is 3.46. The van der Waals surface area contributed by atoms with Gasteiger partial charge in [-0.15, -0.1) is 34.0 Å². The van der Waals surface area contributed by atoms with Gasteiger partial charge in [-0.3, -0.25) is 9.78 Å². The zero-order chi connectivity index (χ0) is 19.3. The molecule has 0 aliphatic rings. The molecule has 142 valence electrons. The first-order valence-electron chi connectivity index (χ1n) is 8.52. The molecule has 1 amide bonds. The molecule has 0 radical (unpaired) electrons. The van der Waals surface area contributed by atoms with E-state index in [2.05, 4.69) is 41.6 Å². The molecule has 0 atom stereocenters. The second-order valence-corrected chi connectivity index (χ2v) is 9.52. The summed E-state index contributed by atoms with van der Waals surface area (Å²) in [7, 11) is 0. The Morgan fingerprint density at radius 1 is 1.07 bits per heavy atom. The molecule has 4 heterocycles. The predicted octanol–water partition coefficient (Wildman–Crippen LogP) is 5.52. The van der Waals surface area contributed by atoms with Crippen molar-refractivity contribution in [3.8, 4) is 21.1 Å². The van der Waals surface area contributed by atoms with Gasteiger partial charge in [0.2, 0.25) is 0 Å². The van der Waals surface area contributed by atoms with Gasteiger partial charge < -0.3 is 5.32 Å². The van der Waals surface area contributed by atoms with Crippen LogP contribution in [0.5, 0.6) is 0 Å². The fourth-order valence-electron chi connectivity index (χ4n) is 2.53. The molecule has 1 N–H and O–H groups in total. The quantitative estimate of drug-likeness (QED) is 0.346. The molecule has 0 saturated carbocycles. The molecule has 4 aromatic rings. The number of pyridine rings is 1. The molecule has 0 saturated heterocycles. The molecule has 28 heavy (non-hydrogen) atoms. The van der Waals surface area contributed by atoms with E-state index in [1.54, 1.807) is 40.4 Å². The van der Waals surface area contributed by atoms with E-state index in [-0.39, 0.29) is 5.91 Å². The molecule has 4 rings (SSSR count). The highest BCUT2D eigenvalue weighted by Crippen LogP contribution is 2.32. The van der Waals surface area contributed by atoms with E-state index in [9.17, 15) is 4.79 Å². The van der Waals surface area contributed by atoms with Crippen LogP contribution >= 0.6 is 49.9 Å². The summed E-state index contributed by atoms with van der Waals surface area (Å²) < 4.78 is 1.03. The zero-order valence-electron chi connectivity index (χ0n) is 14.6. The number of amides is 1. The topological polar surface area (TPSA) is 67.8 Å². The number of thiophene rings is 1. The van der Waals surface area contributed by atoms with Gasteiger partial charge in [0, 0.05) is 51.5 Å². The minimum atomic E-state index is -0.130. The maximum absolute atomic E-state index is 12.3. The summed E-state index contributed by atoms with van der Waals surface area (Å²) in [6, 6.07) is 5.92. The number of nitrogens with zero attached hydrogens (tertiary/aromatic N) is 3. The number of hydrogen-bond acceptors (Lipinski definition) is 7. The van der Waals surface area contributed by atoms with Crippen LogP contribution in [0, 0.1) is 0 Å². The van der Waals surface area contributed by atoms with Gasteiger partial charge >= 0.3 is 0 Å². The molecule has 4 aromatic heterocycles. The summed E-state index contributed by atoms with van der Waals surface area (Å²) >= 11 is 8.18. The van der Waals surface area contributed by atoms with Gasteiger partial charge in [0.05, 0.1) is 15.6 Å². The summed E-state index contributed by atoms with van der Waals surface area (Å²) in [4.78, 5) is 26.5. The van der Waals surface area contributed by atoms with Crippen LogP contribution in [0.3, 0.4) is 0 Å². The summed E-state index contributed by atoms with van der Waals surface area (Å²) in [6.45, 7) is 0.598. The molecule has 0 aliphatic heterocycles. The number of aromatic nitrogens is 3. The van der Waals surface area contributed by atoms with Gasteiger partial charge in [0.1, 0.15) is 10.7 Å². The number of thiazole rings is 2. The highest BCUT2D eigenvalue weighted by atomic mass is 79.9. The normalized spacial score (nSPS) is 10.9. The van der Waals surface area contributed by atoms with Crippen LogP contribution in [0.15, 0.2) is 51.2 Å². The van der Waals surface area contributed by atoms with Crippen LogP contribution in [0.2, 0.25) is 0 Å². The number of carbonyl (C=O) groups is 1. The van der Waals surface area contributed by atoms with Crippen molar-refractivity contribution < 1.29 is 4.79 Å². The van der Waals surface area contributed by atoms with Gasteiger partial charge in [-0.05, 0) is 40.5 Å². The summed E-state index contributed by atoms with van der Waals surface area (Å²) in [5.41, 5.74) is 2.52. The molecule has 0 unspecified atom stereocenters. The van der Waals surface area contributed by atoms with Crippen molar-refractivity contribution in [3.05, 3.63) is 61.9 Å². The summed E-state index contributed by atoms with van der Waals surface area (Å²) in [6.07, 6.45) is 5.21. The molecular weight excluding hydrogens is 476 g/mol. The lowest BCUT2D eigenvalue weighted by atomic mass is 10.2. The number of hydrogen-bond donors (Lipinski definition) is 1. The Balaban J connectivity index is 1.26. The number of halogens is 1. The van der Waals surface area contributed by atoms with E-state index < -0.39 is 0 Å². The molecule has 0 bridgehead atoms. The van der Waals surface area contributed by atoms with Crippen LogP contribution in [-0.2, 0) is 6.42 Å². The van der Waals surface area contributed by atoms with Crippen molar-refractivity contribution in [1.29, 1.82) is 0 Å². The minimum absolute atomic E-state index is 0.130. The van der Waals surface area contributed by atoms with Crippen molar-refractivity contribution in [1.82, 2.24) is 20.3 Å². The van der Waals surface area contributed by atoms with Crippen molar-refractivity contribution in [2.24, 2.45) is 0 Å². The largest absolute Gasteiger partial charge is 0.351 e. The van der Waals surface area contributed by atoms with Crippen LogP contribution in [0.4, 0.5) is 0 Å². The first-order valence-corrected chi connectivity index (χ1v) is 11.9. The minimum Gasteiger partial charge on any atom is -0.351 e. The van der Waals surface area contributed by atoms with E-state index in [1.165, 1.54) is 11.3 Å². The Morgan fingerprint density at radius 2 is 1.93 bits per heavy atom. The van der Waals surface area contributed by atoms with E-state index in [4.69, 9.17) is 0 Å². The molecule has 9 heteroatoms. The number of rotatable bonds is 7. The molecule has 0 spiro atoms. The zero-order valence-corrected chi connectivity index (χ0v) is 18.6. The second kappa shape index (κ2) is 9.04. The van der Waals surface area contributed by atoms with E-state index in [0.717, 1.165) is 43.5 Å². The van der Waals surface area contributed by atoms with Crippen LogP contribution in [0.1, 0.15) is 21.9 Å². The Labute approximate surface area is 182 Å². The molecule has 0 aliphatic carbocycles. The maximum Gasteiger partial charge on any atom is 0.270 e. The second-order valence-electron chi connectivity index (χ2n) is 5.89. The standard InChI is InChI=1S/C19H15BrN4OS3/c20-13-8-16(26-9-13)19-24-15(11-28-19)18(25)22-5-1-2-17-23-14(10-27-17)12-3-6-21-7-4-12/h3-4,6-11H,1-2,5H2,(H,22,25). The lowest BCUT2D eigenvalue weighted by Gasteiger charge is -2.02. The van der Waals surface area contributed by atoms with Crippen LogP contribution < -0.4 is 5.32 Å². The van der Waals surface area contributed by atoms with Crippen molar-refractivity contribution in [2.45, 2.75) is 12.8 Å². The third-order valence-electron chi connectivity index (χ3n) is 3.90. The predicted molar refractivity (Wildman–Crippen MR) is 119 cm³/mol. The van der Waals surface area contributed by atoms with E-state index in [0.29, 0.717) is 12.2 Å². The Hall–Kier alpha value is -1.94. The van der Waals surface area contributed by atoms with Gasteiger partial charge in [0.15, 0.2) is 0 Å². The summed E-state index contributed by atoms with van der Waals surface area (Å²) in [5.74, 6) is -0.130. The third kappa shape index (κ3) is 4.72. The highest BCUT2D eigenvalue weighted by molar-refractivity contribution is 9.10.